The van der Waals surface area contributed by atoms with Crippen LogP contribution in [0.3, 0.4) is 0 Å². The molecule has 0 fully saturated rings. The van der Waals surface area contributed by atoms with E-state index >= 15 is 0 Å². The van der Waals surface area contributed by atoms with Gasteiger partial charge in [-0.2, -0.15) is 0 Å². The predicted molar refractivity (Wildman–Crippen MR) is 80.1 cm³/mol. The molecule has 2 aliphatic rings. The molecular weight excluding hydrogens is 376 g/mol. The Morgan fingerprint density at radius 3 is 0.920 bits per heavy atom. The molecule has 7 heteroatoms. The third kappa shape index (κ3) is 1.75. The molecule has 129 valence electrons. The molecule has 0 heterocycles. The van der Waals surface area contributed by atoms with Gasteiger partial charge >= 0.3 is 0 Å². The molecule has 0 unspecified atom stereocenters. The molecule has 6 nitrogen and oxygen atoms in total. The topological polar surface area (TPSA) is 109 Å². The number of hydrogen-bond donors (Lipinski definition) is 2. The van der Waals surface area contributed by atoms with Crippen molar-refractivity contribution in [1.82, 2.24) is 0 Å². The van der Waals surface area contributed by atoms with Gasteiger partial charge in [0.05, 0.1) is 0 Å². The predicted octanol–water partition coefficient (Wildman–Crippen LogP) is 0.604. The van der Waals surface area contributed by atoms with E-state index in [1.54, 1.807) is 0 Å². The van der Waals surface area contributed by atoms with Crippen molar-refractivity contribution in [3.63, 3.8) is 0 Å². The van der Waals surface area contributed by atoms with Crippen molar-refractivity contribution in [3.8, 4) is 0 Å². The molecule has 0 atom stereocenters. The molecule has 0 spiro atoms. The van der Waals surface area contributed by atoms with Crippen LogP contribution in [0, 0.1) is 0 Å². The molecule has 0 saturated heterocycles. The zero-order valence-electron chi connectivity index (χ0n) is 12.4. The molecule has 2 aliphatic carbocycles. The summed E-state index contributed by atoms with van der Waals surface area (Å²) in [5, 5.41) is 21.7. The smallest absolute Gasteiger partial charge is 0.235 e. The van der Waals surface area contributed by atoms with Gasteiger partial charge in [0.1, 0.15) is 0 Å². The molecule has 2 aromatic rings. The zero-order valence-corrected chi connectivity index (χ0v) is 13.4. The van der Waals surface area contributed by atoms with E-state index in [4.69, 9.17) is 0 Å². The van der Waals surface area contributed by atoms with Crippen molar-refractivity contribution in [2.45, 2.75) is 11.2 Å². The van der Waals surface area contributed by atoms with E-state index in [0.29, 0.717) is 0 Å². The Labute approximate surface area is 151 Å². The molecule has 25 heavy (non-hydrogen) atoms. The molecular formula is C18H10CuO6. The van der Waals surface area contributed by atoms with Crippen LogP contribution < -0.4 is 0 Å². The number of fused-ring (bicyclic) bond motifs is 2. The Morgan fingerprint density at radius 2 is 0.720 bits per heavy atom. The third-order valence-corrected chi connectivity index (χ3v) is 4.67. The minimum Gasteiger partial charge on any atom is -0.371 e. The van der Waals surface area contributed by atoms with Crippen molar-refractivity contribution in [2.75, 3.05) is 0 Å². The summed E-state index contributed by atoms with van der Waals surface area (Å²) in [4.78, 5) is 50.5. The normalized spacial score (nSPS) is 19.4. The Hall–Kier alpha value is -2.44. The Balaban J connectivity index is 0.00000182. The minimum atomic E-state index is -3.16. The number of carbonyl (C=O) groups is 4. The van der Waals surface area contributed by atoms with Crippen LogP contribution in [0.2, 0.25) is 0 Å². The van der Waals surface area contributed by atoms with E-state index in [2.05, 4.69) is 0 Å². The minimum absolute atomic E-state index is 0. The van der Waals surface area contributed by atoms with Crippen molar-refractivity contribution in [3.05, 3.63) is 70.8 Å². The van der Waals surface area contributed by atoms with E-state index in [0.717, 1.165) is 0 Å². The Morgan fingerprint density at radius 1 is 0.520 bits per heavy atom. The number of rotatable bonds is 1. The molecule has 0 amide bonds. The summed E-state index contributed by atoms with van der Waals surface area (Å²) in [7, 11) is 0. The molecule has 0 aliphatic heterocycles. The van der Waals surface area contributed by atoms with E-state index < -0.39 is 34.3 Å². The first-order chi connectivity index (χ1) is 11.3. The van der Waals surface area contributed by atoms with Crippen LogP contribution >= 0.6 is 0 Å². The summed E-state index contributed by atoms with van der Waals surface area (Å²) in [6.07, 6.45) is 0. The number of carbonyl (C=O) groups excluding carboxylic acids is 4. The van der Waals surface area contributed by atoms with Gasteiger partial charge in [-0.15, -0.1) is 0 Å². The van der Waals surface area contributed by atoms with Gasteiger partial charge in [0.2, 0.25) is 34.3 Å². The molecule has 0 aromatic heterocycles. The Bertz CT molecular complexity index is 828. The third-order valence-electron chi connectivity index (χ3n) is 4.67. The second-order valence-electron chi connectivity index (χ2n) is 5.83. The van der Waals surface area contributed by atoms with Gasteiger partial charge in [0.15, 0.2) is 0 Å². The number of benzene rings is 2. The van der Waals surface area contributed by atoms with Crippen molar-refractivity contribution in [1.29, 1.82) is 0 Å². The molecule has 1 radical (unpaired) electrons. The zero-order chi connectivity index (χ0) is 17.3. The van der Waals surface area contributed by atoms with E-state index in [-0.39, 0.29) is 39.3 Å². The van der Waals surface area contributed by atoms with Crippen molar-refractivity contribution < 1.29 is 46.5 Å². The van der Waals surface area contributed by atoms with Gasteiger partial charge in [0, 0.05) is 39.3 Å². The maximum Gasteiger partial charge on any atom is 0.235 e. The van der Waals surface area contributed by atoms with Crippen LogP contribution in [0.4, 0.5) is 0 Å². The molecule has 2 aromatic carbocycles. The maximum atomic E-state index is 12.6. The van der Waals surface area contributed by atoms with Gasteiger partial charge in [0.25, 0.3) is 0 Å². The fraction of sp³-hybridized carbons (Fsp3) is 0.111. The summed E-state index contributed by atoms with van der Waals surface area (Å²) in [5.74, 6) is -4.61. The second kappa shape index (κ2) is 5.28. The monoisotopic (exact) mass is 385 g/mol. The number of Topliss-reactive ketones (excluding diaryl/α,β-unsaturated/α-hetero) is 4. The van der Waals surface area contributed by atoms with Crippen LogP contribution in [0.15, 0.2) is 48.5 Å². The average Bonchev–Trinajstić information content (AvgIpc) is 2.94. The van der Waals surface area contributed by atoms with Gasteiger partial charge in [-0.3, -0.25) is 19.2 Å². The summed E-state index contributed by atoms with van der Waals surface area (Å²) in [6, 6.07) is 11.1. The second-order valence-corrected chi connectivity index (χ2v) is 5.83. The fourth-order valence-electron chi connectivity index (χ4n) is 3.40. The van der Waals surface area contributed by atoms with Crippen molar-refractivity contribution in [2.24, 2.45) is 0 Å². The van der Waals surface area contributed by atoms with Crippen LogP contribution in [0.5, 0.6) is 0 Å². The SMILES string of the molecule is O=C1c2ccccc2C(=O)C1(O)C1(O)C(=O)c2ccccc2C1=O.[Cu]. The van der Waals surface area contributed by atoms with E-state index in [1.807, 2.05) is 0 Å². The van der Waals surface area contributed by atoms with Gasteiger partial charge in [-0.1, -0.05) is 48.5 Å². The Kier molecular flexibility index (Phi) is 3.67. The first-order valence-electron chi connectivity index (χ1n) is 7.17. The summed E-state index contributed by atoms with van der Waals surface area (Å²) < 4.78 is 0. The average molecular weight is 386 g/mol. The van der Waals surface area contributed by atoms with E-state index in [1.165, 1.54) is 48.5 Å². The number of aliphatic hydroxyl groups is 2. The molecule has 2 N–H and O–H groups in total. The van der Waals surface area contributed by atoms with Crippen molar-refractivity contribution >= 4 is 23.1 Å². The quantitative estimate of drug-likeness (QED) is 0.549. The van der Waals surface area contributed by atoms with Crippen LogP contribution in [-0.4, -0.2) is 44.5 Å². The first-order valence-corrected chi connectivity index (χ1v) is 7.17. The first kappa shape index (κ1) is 17.4. The van der Waals surface area contributed by atoms with Gasteiger partial charge < -0.3 is 10.2 Å². The molecule has 0 bridgehead atoms. The molecule has 4 rings (SSSR count). The van der Waals surface area contributed by atoms with Crippen LogP contribution in [0.25, 0.3) is 0 Å². The maximum absolute atomic E-state index is 12.6. The summed E-state index contributed by atoms with van der Waals surface area (Å²) in [6.45, 7) is 0. The standard InChI is InChI=1S/C18H10O6.Cu/c19-13-9-5-1-2-6-10(9)14(20)17(13,23)18(24)15(21)11-7-3-4-8-12(11)16(18)22;/h1-8,23-24H;. The van der Waals surface area contributed by atoms with Gasteiger partial charge in [-0.05, 0) is 0 Å². The number of hydrogen-bond acceptors (Lipinski definition) is 6. The fourth-order valence-corrected chi connectivity index (χ4v) is 3.40. The van der Waals surface area contributed by atoms with Gasteiger partial charge in [-0.25, -0.2) is 0 Å². The van der Waals surface area contributed by atoms with E-state index in [9.17, 15) is 29.4 Å². The van der Waals surface area contributed by atoms with Crippen LogP contribution in [0.1, 0.15) is 41.4 Å². The summed E-state index contributed by atoms with van der Waals surface area (Å²) in [5.41, 5.74) is -6.84. The largest absolute Gasteiger partial charge is 0.371 e. The van der Waals surface area contributed by atoms with Crippen LogP contribution in [-0.2, 0) is 17.1 Å². The number of ketones is 4. The summed E-state index contributed by atoms with van der Waals surface area (Å²) >= 11 is 0. The molecule has 0 saturated carbocycles.